The lowest BCUT2D eigenvalue weighted by Gasteiger charge is -2.33. The summed E-state index contributed by atoms with van der Waals surface area (Å²) >= 11 is 6.37. The van der Waals surface area contributed by atoms with Gasteiger partial charge >= 0.3 is 0 Å². The highest BCUT2D eigenvalue weighted by Crippen LogP contribution is 2.27. The molecule has 1 aromatic heterocycles. The maximum atomic E-state index is 13.1. The molecule has 0 bridgehead atoms. The van der Waals surface area contributed by atoms with Crippen molar-refractivity contribution in [1.29, 1.82) is 0 Å². The summed E-state index contributed by atoms with van der Waals surface area (Å²) in [5.74, 6) is 1.47. The van der Waals surface area contributed by atoms with E-state index in [1.54, 1.807) is 24.7 Å². The molecule has 1 aromatic carbocycles. The van der Waals surface area contributed by atoms with Crippen LogP contribution in [0.1, 0.15) is 36.0 Å². The number of hydrogen-bond donors (Lipinski definition) is 2. The molecule has 1 fully saturated rings. The number of amides is 1. The van der Waals surface area contributed by atoms with E-state index in [2.05, 4.69) is 15.2 Å². The van der Waals surface area contributed by atoms with E-state index >= 15 is 0 Å². The van der Waals surface area contributed by atoms with Gasteiger partial charge in [0.25, 0.3) is 0 Å². The molecule has 2 aromatic rings. The molecule has 186 valence electrons. The fourth-order valence-electron chi connectivity index (χ4n) is 4.15. The smallest absolute Gasteiger partial charge is 0.221 e. The number of carbonyl (C=O) groups is 1. The van der Waals surface area contributed by atoms with Gasteiger partial charge in [-0.2, -0.15) is 0 Å². The van der Waals surface area contributed by atoms with Crippen molar-refractivity contribution >= 4 is 34.3 Å². The molecule has 1 aliphatic rings. The molecule has 0 aliphatic carbocycles. The predicted octanol–water partition coefficient (Wildman–Crippen LogP) is 2.95. The maximum absolute atomic E-state index is 13.1. The van der Waals surface area contributed by atoms with E-state index in [4.69, 9.17) is 22.1 Å². The number of pyridine rings is 1. The van der Waals surface area contributed by atoms with Crippen molar-refractivity contribution in [2.45, 2.75) is 50.6 Å². The van der Waals surface area contributed by atoms with E-state index in [0.29, 0.717) is 18.1 Å². The number of aryl methyl sites for hydroxylation is 2. The second kappa shape index (κ2) is 12.0. The second-order valence-corrected chi connectivity index (χ2v) is 10.6. The predicted molar refractivity (Wildman–Crippen MR) is 137 cm³/mol. The van der Waals surface area contributed by atoms with Crippen molar-refractivity contribution in [3.63, 3.8) is 0 Å². The highest BCUT2D eigenvalue weighted by atomic mass is 35.5. The molecule has 1 amide bonds. The molecule has 3 N–H and O–H groups in total. The molecule has 1 unspecified atom stereocenters. The summed E-state index contributed by atoms with van der Waals surface area (Å²) in [6.45, 7) is 6.17. The Morgan fingerprint density at radius 3 is 2.50 bits per heavy atom. The van der Waals surface area contributed by atoms with Gasteiger partial charge in [0.15, 0.2) is 0 Å². The Morgan fingerprint density at radius 2 is 1.94 bits per heavy atom. The fourth-order valence-corrected chi connectivity index (χ4v) is 5.70. The van der Waals surface area contributed by atoms with Crippen LogP contribution in [-0.2, 0) is 22.3 Å². The fraction of sp³-hybridized carbons (Fsp3) is 0.500. The molecule has 3 rings (SSSR count). The first-order valence-corrected chi connectivity index (χ1v) is 12.9. The lowest BCUT2D eigenvalue weighted by atomic mass is 10.0. The van der Waals surface area contributed by atoms with E-state index in [9.17, 15) is 9.00 Å². The highest BCUT2D eigenvalue weighted by Gasteiger charge is 2.24. The summed E-state index contributed by atoms with van der Waals surface area (Å²) in [6.07, 6.45) is 3.66. The second-order valence-electron chi connectivity index (χ2n) is 8.62. The number of aromatic nitrogens is 1. The minimum atomic E-state index is -1.35. The van der Waals surface area contributed by atoms with Gasteiger partial charge in [-0.25, -0.2) is 13.5 Å². The SMILES string of the molecule is COc1cc(C)c(S(=O)N(C)CCC(=O)NC2CCN(c3ncc(CN)cc3Cl)CC2)c(C)c1. The Balaban J connectivity index is 1.47. The Kier molecular flexibility index (Phi) is 9.30. The van der Waals surface area contributed by atoms with Crippen molar-refractivity contribution in [3.8, 4) is 5.75 Å². The number of nitrogens with one attached hydrogen (secondary N) is 1. The minimum Gasteiger partial charge on any atom is -0.497 e. The Labute approximate surface area is 209 Å². The number of anilines is 1. The van der Waals surface area contributed by atoms with Crippen LogP contribution in [-0.4, -0.2) is 59.2 Å². The number of nitrogens with two attached hydrogens (primary N) is 1. The van der Waals surface area contributed by atoms with Crippen LogP contribution in [0.3, 0.4) is 0 Å². The summed E-state index contributed by atoms with van der Waals surface area (Å²) in [6, 6.07) is 5.71. The van der Waals surface area contributed by atoms with Crippen LogP contribution < -0.4 is 20.7 Å². The molecule has 1 atom stereocenters. The van der Waals surface area contributed by atoms with E-state index in [-0.39, 0.29) is 18.4 Å². The number of ether oxygens (including phenoxy) is 1. The molecule has 0 spiro atoms. The number of rotatable bonds is 9. The quantitative estimate of drug-likeness (QED) is 0.541. The average Bonchev–Trinajstić information content (AvgIpc) is 2.82. The maximum Gasteiger partial charge on any atom is 0.221 e. The first-order chi connectivity index (χ1) is 16.2. The molecule has 0 radical (unpaired) electrons. The minimum absolute atomic E-state index is 0.0334. The van der Waals surface area contributed by atoms with Gasteiger partial charge in [0.05, 0.1) is 17.0 Å². The van der Waals surface area contributed by atoms with Crippen molar-refractivity contribution in [1.82, 2.24) is 14.6 Å². The zero-order valence-corrected chi connectivity index (χ0v) is 21.8. The van der Waals surface area contributed by atoms with Gasteiger partial charge < -0.3 is 20.7 Å². The monoisotopic (exact) mass is 507 g/mol. The lowest BCUT2D eigenvalue weighted by molar-refractivity contribution is -0.122. The van der Waals surface area contributed by atoms with Gasteiger partial charge in [-0.15, -0.1) is 0 Å². The zero-order chi connectivity index (χ0) is 24.8. The molecule has 1 aliphatic heterocycles. The van der Waals surface area contributed by atoms with E-state index < -0.39 is 11.0 Å². The molecule has 8 nitrogen and oxygen atoms in total. The standard InChI is InChI=1S/C24H34ClN5O3S/c1-16-11-20(33-4)12-17(2)23(16)34(32)29(3)8-7-22(31)28-19-5-9-30(10-6-19)24-21(25)13-18(14-26)15-27-24/h11-13,15,19H,5-10,14,26H2,1-4H3,(H,28,31). The van der Waals surface area contributed by atoms with Crippen LogP contribution in [0.2, 0.25) is 5.02 Å². The molecule has 10 heteroatoms. The van der Waals surface area contributed by atoms with Gasteiger partial charge in [-0.05, 0) is 61.6 Å². The topological polar surface area (TPSA) is 101 Å². The summed E-state index contributed by atoms with van der Waals surface area (Å²) in [5.41, 5.74) is 8.37. The zero-order valence-electron chi connectivity index (χ0n) is 20.3. The molecule has 2 heterocycles. The largest absolute Gasteiger partial charge is 0.497 e. The van der Waals surface area contributed by atoms with Crippen molar-refractivity contribution in [2.75, 3.05) is 38.7 Å². The van der Waals surface area contributed by atoms with Crippen LogP contribution in [0.5, 0.6) is 5.75 Å². The Hall–Kier alpha value is -2.20. The number of nitrogens with zero attached hydrogens (tertiary/aromatic N) is 3. The van der Waals surface area contributed by atoms with Gasteiger partial charge in [0.1, 0.15) is 22.6 Å². The first kappa shape index (κ1) is 26.4. The molecular formula is C24H34ClN5O3S. The van der Waals surface area contributed by atoms with Crippen LogP contribution in [0.25, 0.3) is 0 Å². The molecular weight excluding hydrogens is 474 g/mol. The van der Waals surface area contributed by atoms with E-state index in [0.717, 1.165) is 59.1 Å². The molecule has 34 heavy (non-hydrogen) atoms. The summed E-state index contributed by atoms with van der Waals surface area (Å²) in [5, 5.41) is 3.72. The van der Waals surface area contributed by atoms with Crippen LogP contribution in [0.4, 0.5) is 5.82 Å². The van der Waals surface area contributed by atoms with Crippen molar-refractivity contribution in [3.05, 3.63) is 46.1 Å². The van der Waals surface area contributed by atoms with Crippen LogP contribution in [0, 0.1) is 13.8 Å². The number of hydrogen-bond acceptors (Lipinski definition) is 6. The van der Waals surface area contributed by atoms with Gasteiger partial charge in [-0.3, -0.25) is 4.79 Å². The normalized spacial score (nSPS) is 15.4. The summed E-state index contributed by atoms with van der Waals surface area (Å²) in [4.78, 5) is 19.9. The van der Waals surface area contributed by atoms with Crippen molar-refractivity contribution < 1.29 is 13.7 Å². The van der Waals surface area contributed by atoms with Gasteiger partial charge in [0.2, 0.25) is 5.91 Å². The number of benzene rings is 1. The Bertz CT molecular complexity index is 1020. The van der Waals surface area contributed by atoms with Crippen molar-refractivity contribution in [2.24, 2.45) is 5.73 Å². The third kappa shape index (κ3) is 6.47. The third-order valence-corrected chi connectivity index (χ3v) is 8.07. The van der Waals surface area contributed by atoms with E-state index in [1.165, 1.54) is 0 Å². The number of halogens is 1. The number of carbonyl (C=O) groups excluding carboxylic acids is 1. The lowest BCUT2D eigenvalue weighted by Crippen LogP contribution is -2.45. The Morgan fingerprint density at radius 1 is 1.29 bits per heavy atom. The van der Waals surface area contributed by atoms with E-state index in [1.807, 2.05) is 32.0 Å². The highest BCUT2D eigenvalue weighted by molar-refractivity contribution is 7.82. The van der Waals surface area contributed by atoms with Crippen LogP contribution >= 0.6 is 11.6 Å². The summed E-state index contributed by atoms with van der Waals surface area (Å²) < 4.78 is 20.1. The molecule has 0 saturated carbocycles. The third-order valence-electron chi connectivity index (χ3n) is 6.05. The first-order valence-electron chi connectivity index (χ1n) is 11.4. The average molecular weight is 508 g/mol. The van der Waals surface area contributed by atoms with Gasteiger partial charge in [0, 0.05) is 51.9 Å². The number of piperidine rings is 1. The van der Waals surface area contributed by atoms with Gasteiger partial charge in [-0.1, -0.05) is 11.6 Å². The summed E-state index contributed by atoms with van der Waals surface area (Å²) in [7, 11) is 2.04. The molecule has 1 saturated heterocycles. The van der Waals surface area contributed by atoms with Crippen LogP contribution in [0.15, 0.2) is 29.3 Å². The number of methoxy groups -OCH3 is 1.